The SMILES string of the molecule is [2H]C([2H])([2H])c1cnc(-c2cccc(-c3cccc([Si](C)(C)C)c3)c2)cc1-c1c(C(C)C)cc(-c2ccccc2)cc1C(C)C. The van der Waals surface area contributed by atoms with Gasteiger partial charge in [0.05, 0.1) is 13.8 Å². The Balaban J connectivity index is 1.73. The molecule has 41 heavy (non-hydrogen) atoms. The first-order valence-corrected chi connectivity index (χ1v) is 18.2. The second-order valence-electron chi connectivity index (χ2n) is 12.7. The van der Waals surface area contributed by atoms with E-state index in [-0.39, 0.29) is 17.4 Å². The van der Waals surface area contributed by atoms with Crippen LogP contribution in [0.15, 0.2) is 103 Å². The standard InChI is InChI=1S/C39H43NSi/c1-26(2)35-22-33(29-14-10-9-11-15-29)23-36(27(3)4)39(35)37-24-38(40-25-28(37)5)32-18-12-16-30(20-32)31-17-13-19-34(21-31)41(6,7)8/h9-27H,1-8H3/i5D3. The van der Waals surface area contributed by atoms with Crippen molar-refractivity contribution in [1.29, 1.82) is 0 Å². The fourth-order valence-corrected chi connectivity index (χ4v) is 6.73. The highest BCUT2D eigenvalue weighted by molar-refractivity contribution is 6.88. The number of rotatable bonds is 7. The van der Waals surface area contributed by atoms with Gasteiger partial charge in [-0.05, 0) is 80.9 Å². The zero-order chi connectivity index (χ0) is 31.8. The normalized spacial score (nSPS) is 13.2. The largest absolute Gasteiger partial charge is 0.256 e. The third kappa shape index (κ3) is 6.13. The number of hydrogen-bond acceptors (Lipinski definition) is 1. The number of aromatic nitrogens is 1. The first kappa shape index (κ1) is 25.0. The molecule has 0 atom stereocenters. The predicted octanol–water partition coefficient (Wildman–Crippen LogP) is 10.9. The first-order valence-electron chi connectivity index (χ1n) is 16.2. The van der Waals surface area contributed by atoms with Crippen molar-refractivity contribution < 1.29 is 4.11 Å². The number of pyridine rings is 1. The van der Waals surface area contributed by atoms with Crippen molar-refractivity contribution in [1.82, 2.24) is 4.98 Å². The molecular formula is C39H43NSi. The molecule has 0 aliphatic carbocycles. The van der Waals surface area contributed by atoms with Crippen molar-refractivity contribution in [2.75, 3.05) is 0 Å². The lowest BCUT2D eigenvalue weighted by molar-refractivity contribution is 0.838. The van der Waals surface area contributed by atoms with Crippen LogP contribution in [0, 0.1) is 6.85 Å². The van der Waals surface area contributed by atoms with Crippen molar-refractivity contribution in [3.63, 3.8) is 0 Å². The Morgan fingerprint density at radius 1 is 0.610 bits per heavy atom. The van der Waals surface area contributed by atoms with Crippen molar-refractivity contribution in [2.45, 2.75) is 66.0 Å². The Kier molecular flexibility index (Phi) is 7.09. The monoisotopic (exact) mass is 556 g/mol. The van der Waals surface area contributed by atoms with Crippen LogP contribution in [0.1, 0.15) is 60.3 Å². The predicted molar refractivity (Wildman–Crippen MR) is 182 cm³/mol. The van der Waals surface area contributed by atoms with Gasteiger partial charge in [0.2, 0.25) is 0 Å². The van der Waals surface area contributed by atoms with Crippen LogP contribution < -0.4 is 5.19 Å². The average Bonchev–Trinajstić information content (AvgIpc) is 2.99. The van der Waals surface area contributed by atoms with E-state index in [0.29, 0.717) is 0 Å². The van der Waals surface area contributed by atoms with E-state index in [1.54, 1.807) is 6.20 Å². The molecule has 0 spiro atoms. The Bertz CT molecular complexity index is 1750. The van der Waals surface area contributed by atoms with E-state index in [0.717, 1.165) is 50.2 Å². The number of aryl methyl sites for hydroxylation is 1. The maximum atomic E-state index is 8.48. The van der Waals surface area contributed by atoms with E-state index in [1.807, 2.05) is 12.1 Å². The van der Waals surface area contributed by atoms with Gasteiger partial charge in [-0.25, -0.2) is 0 Å². The molecule has 208 valence electrons. The molecule has 0 saturated heterocycles. The summed E-state index contributed by atoms with van der Waals surface area (Å²) < 4.78 is 25.5. The van der Waals surface area contributed by atoms with Gasteiger partial charge in [0.1, 0.15) is 0 Å². The molecule has 0 fully saturated rings. The van der Waals surface area contributed by atoms with Gasteiger partial charge in [-0.3, -0.25) is 4.98 Å². The highest BCUT2D eigenvalue weighted by Crippen LogP contribution is 2.41. The molecule has 5 rings (SSSR count). The summed E-state index contributed by atoms with van der Waals surface area (Å²) in [5.74, 6) is 0.378. The molecule has 5 aromatic rings. The van der Waals surface area contributed by atoms with Gasteiger partial charge >= 0.3 is 0 Å². The van der Waals surface area contributed by atoms with Crippen LogP contribution in [0.25, 0.3) is 44.6 Å². The molecule has 0 aliphatic rings. The Morgan fingerprint density at radius 3 is 1.80 bits per heavy atom. The summed E-state index contributed by atoms with van der Waals surface area (Å²) in [6.07, 6.45) is 1.58. The molecular weight excluding hydrogens is 511 g/mol. The highest BCUT2D eigenvalue weighted by atomic mass is 28.3. The Hall–Kier alpha value is -3.75. The van der Waals surface area contributed by atoms with Crippen LogP contribution >= 0.6 is 0 Å². The van der Waals surface area contributed by atoms with Crippen molar-refractivity contribution in [2.24, 2.45) is 0 Å². The molecule has 0 bridgehead atoms. The van der Waals surface area contributed by atoms with Gasteiger partial charge in [0, 0.05) is 15.9 Å². The third-order valence-electron chi connectivity index (χ3n) is 7.94. The van der Waals surface area contributed by atoms with Crippen molar-refractivity contribution in [3.8, 4) is 44.6 Å². The second kappa shape index (κ2) is 11.6. The van der Waals surface area contributed by atoms with Crippen LogP contribution in [0.2, 0.25) is 19.6 Å². The molecule has 1 aromatic heterocycles. The summed E-state index contributed by atoms with van der Waals surface area (Å²) in [6, 6.07) is 34.2. The fourth-order valence-electron chi connectivity index (χ4n) is 5.55. The average molecular weight is 557 g/mol. The lowest BCUT2D eigenvalue weighted by Crippen LogP contribution is -2.37. The maximum absolute atomic E-state index is 8.48. The maximum Gasteiger partial charge on any atom is 0.0776 e. The summed E-state index contributed by atoms with van der Waals surface area (Å²) in [4.78, 5) is 4.75. The minimum Gasteiger partial charge on any atom is -0.256 e. The Labute approximate surface area is 252 Å². The van der Waals surface area contributed by atoms with Crippen LogP contribution in [-0.2, 0) is 0 Å². The van der Waals surface area contributed by atoms with Gasteiger partial charge in [-0.1, -0.05) is 137 Å². The van der Waals surface area contributed by atoms with Crippen LogP contribution in [-0.4, -0.2) is 13.1 Å². The zero-order valence-corrected chi connectivity index (χ0v) is 26.4. The molecule has 0 N–H and O–H groups in total. The van der Waals surface area contributed by atoms with Crippen LogP contribution in [0.4, 0.5) is 0 Å². The summed E-state index contributed by atoms with van der Waals surface area (Å²) in [5.41, 5.74) is 10.7. The van der Waals surface area contributed by atoms with E-state index in [4.69, 9.17) is 9.10 Å². The van der Waals surface area contributed by atoms with Crippen LogP contribution in [0.3, 0.4) is 0 Å². The molecule has 0 saturated carbocycles. The smallest absolute Gasteiger partial charge is 0.0776 e. The number of hydrogen-bond donors (Lipinski definition) is 0. The number of nitrogens with zero attached hydrogens (tertiary/aromatic N) is 1. The quantitative estimate of drug-likeness (QED) is 0.182. The lowest BCUT2D eigenvalue weighted by Gasteiger charge is -2.23. The molecule has 0 unspecified atom stereocenters. The number of benzene rings is 4. The summed E-state index contributed by atoms with van der Waals surface area (Å²) >= 11 is 0. The van der Waals surface area contributed by atoms with E-state index < -0.39 is 14.9 Å². The molecule has 1 heterocycles. The minimum absolute atomic E-state index is 0.189. The van der Waals surface area contributed by atoms with Gasteiger partial charge in [0.25, 0.3) is 0 Å². The van der Waals surface area contributed by atoms with Gasteiger partial charge in [0.15, 0.2) is 0 Å². The topological polar surface area (TPSA) is 12.9 Å². The van der Waals surface area contributed by atoms with E-state index >= 15 is 0 Å². The van der Waals surface area contributed by atoms with Crippen molar-refractivity contribution in [3.05, 3.63) is 120 Å². The van der Waals surface area contributed by atoms with E-state index in [2.05, 4.69) is 132 Å². The van der Waals surface area contributed by atoms with Gasteiger partial charge in [-0.15, -0.1) is 0 Å². The van der Waals surface area contributed by atoms with Gasteiger partial charge in [-0.2, -0.15) is 0 Å². The molecule has 0 amide bonds. The molecule has 1 nitrogen and oxygen atoms in total. The molecule has 0 aliphatic heterocycles. The molecule has 0 radical (unpaired) electrons. The third-order valence-corrected chi connectivity index (χ3v) is 9.99. The first-order chi connectivity index (χ1) is 20.7. The summed E-state index contributed by atoms with van der Waals surface area (Å²) in [7, 11) is -1.47. The summed E-state index contributed by atoms with van der Waals surface area (Å²) in [6.45, 7) is 13.5. The van der Waals surface area contributed by atoms with Gasteiger partial charge < -0.3 is 0 Å². The highest BCUT2D eigenvalue weighted by Gasteiger charge is 2.21. The van der Waals surface area contributed by atoms with Crippen LogP contribution in [0.5, 0.6) is 0 Å². The second-order valence-corrected chi connectivity index (χ2v) is 17.8. The lowest BCUT2D eigenvalue weighted by atomic mass is 9.81. The fraction of sp³-hybridized carbons (Fsp3) is 0.256. The minimum atomic E-state index is -2.30. The molecule has 2 heteroatoms. The van der Waals surface area contributed by atoms with Crippen molar-refractivity contribution >= 4 is 13.3 Å². The zero-order valence-electron chi connectivity index (χ0n) is 28.4. The van der Waals surface area contributed by atoms with E-state index in [1.165, 1.54) is 10.8 Å². The summed E-state index contributed by atoms with van der Waals surface area (Å²) in [5, 5.41) is 1.42. The molecule has 4 aromatic carbocycles. The Morgan fingerprint density at radius 2 is 1.20 bits per heavy atom. The van der Waals surface area contributed by atoms with E-state index in [9.17, 15) is 0 Å².